The van der Waals surface area contributed by atoms with Crippen LogP contribution in [0.4, 0.5) is 10.1 Å². The van der Waals surface area contributed by atoms with Gasteiger partial charge >= 0.3 is 0 Å². The standard InChI is InChI=1S/C17H13ClFN3O/c18-16-7-2-1-4-12(16)10-22-17(23)13(9-20)11-21-15-6-3-5-14(19)8-15/h1-8,11,21H,10H2,(H,22,23)/b13-11-. The van der Waals surface area contributed by atoms with Crippen molar-refractivity contribution in [1.82, 2.24) is 5.32 Å². The molecular formula is C17H13ClFN3O. The van der Waals surface area contributed by atoms with Gasteiger partial charge in [-0.3, -0.25) is 4.79 Å². The van der Waals surface area contributed by atoms with Gasteiger partial charge in [0.05, 0.1) is 0 Å². The number of carbonyl (C=O) groups is 1. The van der Waals surface area contributed by atoms with Crippen molar-refractivity contribution in [1.29, 1.82) is 5.26 Å². The second-order valence-electron chi connectivity index (χ2n) is 4.60. The molecule has 0 spiro atoms. The highest BCUT2D eigenvalue weighted by molar-refractivity contribution is 6.31. The Labute approximate surface area is 138 Å². The van der Waals surface area contributed by atoms with Crippen LogP contribution in [0.25, 0.3) is 0 Å². The number of benzene rings is 2. The highest BCUT2D eigenvalue weighted by Gasteiger charge is 2.09. The topological polar surface area (TPSA) is 64.9 Å². The molecule has 0 bridgehead atoms. The summed E-state index contributed by atoms with van der Waals surface area (Å²) >= 11 is 6.00. The van der Waals surface area contributed by atoms with Crippen molar-refractivity contribution in [3.8, 4) is 6.07 Å². The van der Waals surface area contributed by atoms with Crippen LogP contribution in [0.5, 0.6) is 0 Å². The summed E-state index contributed by atoms with van der Waals surface area (Å²) in [5.74, 6) is -0.957. The molecule has 2 aromatic rings. The second-order valence-corrected chi connectivity index (χ2v) is 5.01. The predicted molar refractivity (Wildman–Crippen MR) is 87.0 cm³/mol. The summed E-state index contributed by atoms with van der Waals surface area (Å²) in [6, 6.07) is 14.6. The molecule has 0 radical (unpaired) electrons. The summed E-state index contributed by atoms with van der Waals surface area (Å²) < 4.78 is 13.1. The van der Waals surface area contributed by atoms with Crippen LogP contribution >= 0.6 is 11.6 Å². The first-order chi connectivity index (χ1) is 11.1. The van der Waals surface area contributed by atoms with Crippen molar-refractivity contribution in [3.05, 3.63) is 76.7 Å². The fourth-order valence-corrected chi connectivity index (χ4v) is 2.00. The minimum absolute atomic E-state index is 0.124. The van der Waals surface area contributed by atoms with Crippen LogP contribution in [0.15, 0.2) is 60.3 Å². The molecule has 0 aliphatic heterocycles. The number of hydrogen-bond donors (Lipinski definition) is 2. The highest BCUT2D eigenvalue weighted by atomic mass is 35.5. The number of halogens is 2. The number of rotatable bonds is 5. The molecule has 23 heavy (non-hydrogen) atoms. The Kier molecular flexibility index (Phi) is 5.73. The summed E-state index contributed by atoms with van der Waals surface area (Å²) in [7, 11) is 0. The van der Waals surface area contributed by atoms with Crippen molar-refractivity contribution in [2.75, 3.05) is 5.32 Å². The van der Waals surface area contributed by atoms with Crippen LogP contribution < -0.4 is 10.6 Å². The Morgan fingerprint density at radius 3 is 2.74 bits per heavy atom. The first-order valence-corrected chi connectivity index (χ1v) is 7.12. The number of amides is 1. The number of carbonyl (C=O) groups excluding carboxylic acids is 1. The maximum absolute atomic E-state index is 13.1. The van der Waals surface area contributed by atoms with E-state index in [1.807, 2.05) is 0 Å². The van der Waals surface area contributed by atoms with Crippen molar-refractivity contribution in [2.45, 2.75) is 6.54 Å². The molecule has 4 nitrogen and oxygen atoms in total. The third kappa shape index (κ3) is 4.83. The molecule has 0 heterocycles. The van der Waals surface area contributed by atoms with Gasteiger partial charge in [0.1, 0.15) is 17.5 Å². The largest absolute Gasteiger partial charge is 0.360 e. The summed E-state index contributed by atoms with van der Waals surface area (Å²) in [6.45, 7) is 0.206. The first-order valence-electron chi connectivity index (χ1n) is 6.74. The molecule has 0 fully saturated rings. The average Bonchev–Trinajstić information content (AvgIpc) is 2.55. The normalized spacial score (nSPS) is 10.7. The van der Waals surface area contributed by atoms with Gasteiger partial charge < -0.3 is 10.6 Å². The molecule has 0 saturated heterocycles. The van der Waals surface area contributed by atoms with E-state index in [4.69, 9.17) is 16.9 Å². The average molecular weight is 330 g/mol. The van der Waals surface area contributed by atoms with Gasteiger partial charge in [-0.25, -0.2) is 4.39 Å². The summed E-state index contributed by atoms with van der Waals surface area (Å²) in [5.41, 5.74) is 1.07. The molecule has 1 amide bonds. The summed E-state index contributed by atoms with van der Waals surface area (Å²) in [5, 5.41) is 14.9. The van der Waals surface area contributed by atoms with Gasteiger partial charge in [0.15, 0.2) is 0 Å². The van der Waals surface area contributed by atoms with E-state index in [1.54, 1.807) is 36.4 Å². The van der Waals surface area contributed by atoms with Gasteiger partial charge in [-0.1, -0.05) is 35.9 Å². The van der Waals surface area contributed by atoms with E-state index in [0.717, 1.165) is 5.56 Å². The number of hydrogen-bond acceptors (Lipinski definition) is 3. The van der Waals surface area contributed by atoms with Gasteiger partial charge in [0.2, 0.25) is 0 Å². The molecule has 2 aromatic carbocycles. The Morgan fingerprint density at radius 1 is 1.26 bits per heavy atom. The molecule has 0 aliphatic rings. The van der Waals surface area contributed by atoms with E-state index < -0.39 is 11.7 Å². The lowest BCUT2D eigenvalue weighted by Crippen LogP contribution is -2.24. The third-order valence-electron chi connectivity index (χ3n) is 2.97. The van der Waals surface area contributed by atoms with Gasteiger partial charge in [-0.05, 0) is 29.8 Å². The van der Waals surface area contributed by atoms with Crippen LogP contribution in [0.2, 0.25) is 5.02 Å². The minimum atomic E-state index is -0.545. The fourth-order valence-electron chi connectivity index (χ4n) is 1.79. The first kappa shape index (κ1) is 16.5. The number of nitrogens with one attached hydrogen (secondary N) is 2. The van der Waals surface area contributed by atoms with Crippen LogP contribution in [-0.4, -0.2) is 5.91 Å². The highest BCUT2D eigenvalue weighted by Crippen LogP contribution is 2.14. The zero-order valence-corrected chi connectivity index (χ0v) is 12.8. The van der Waals surface area contributed by atoms with Crippen LogP contribution in [-0.2, 0) is 11.3 Å². The molecule has 2 N–H and O–H groups in total. The monoisotopic (exact) mass is 329 g/mol. The van der Waals surface area contributed by atoms with Crippen molar-refractivity contribution >= 4 is 23.2 Å². The number of nitrogens with zero attached hydrogens (tertiary/aromatic N) is 1. The van der Waals surface area contributed by atoms with Gasteiger partial charge in [0.25, 0.3) is 5.91 Å². The molecule has 6 heteroatoms. The van der Waals surface area contributed by atoms with E-state index in [-0.39, 0.29) is 12.1 Å². The zero-order chi connectivity index (χ0) is 16.7. The quantitative estimate of drug-likeness (QED) is 0.650. The lowest BCUT2D eigenvalue weighted by molar-refractivity contribution is -0.117. The Bertz CT molecular complexity index is 783. The zero-order valence-electron chi connectivity index (χ0n) is 12.0. The lowest BCUT2D eigenvalue weighted by Gasteiger charge is -2.07. The van der Waals surface area contributed by atoms with E-state index >= 15 is 0 Å². The van der Waals surface area contributed by atoms with Crippen LogP contribution in [0, 0.1) is 17.1 Å². The second kappa shape index (κ2) is 7.97. The molecule has 0 aromatic heterocycles. The van der Waals surface area contributed by atoms with Gasteiger partial charge in [-0.15, -0.1) is 0 Å². The fraction of sp³-hybridized carbons (Fsp3) is 0.0588. The molecule has 2 rings (SSSR count). The van der Waals surface area contributed by atoms with E-state index in [1.165, 1.54) is 24.4 Å². The maximum Gasteiger partial charge on any atom is 0.263 e. The Morgan fingerprint density at radius 2 is 2.04 bits per heavy atom. The SMILES string of the molecule is N#C/C(=C/Nc1cccc(F)c1)C(=O)NCc1ccccc1Cl. The van der Waals surface area contributed by atoms with Crippen LogP contribution in [0.1, 0.15) is 5.56 Å². The van der Waals surface area contributed by atoms with Gasteiger partial charge in [0, 0.05) is 23.5 Å². The van der Waals surface area contributed by atoms with Crippen molar-refractivity contribution < 1.29 is 9.18 Å². The summed E-state index contributed by atoms with van der Waals surface area (Å²) in [4.78, 5) is 12.0. The van der Waals surface area contributed by atoms with E-state index in [0.29, 0.717) is 10.7 Å². The lowest BCUT2D eigenvalue weighted by atomic mass is 10.2. The molecular weight excluding hydrogens is 317 g/mol. The van der Waals surface area contributed by atoms with E-state index in [9.17, 15) is 9.18 Å². The van der Waals surface area contributed by atoms with E-state index in [2.05, 4.69) is 10.6 Å². The Balaban J connectivity index is 2.00. The molecule has 0 aliphatic carbocycles. The maximum atomic E-state index is 13.1. The summed E-state index contributed by atoms with van der Waals surface area (Å²) in [6.07, 6.45) is 1.23. The third-order valence-corrected chi connectivity index (χ3v) is 3.34. The molecule has 0 saturated carbocycles. The number of nitriles is 1. The Hall–Kier alpha value is -2.84. The smallest absolute Gasteiger partial charge is 0.263 e. The molecule has 0 atom stereocenters. The number of anilines is 1. The van der Waals surface area contributed by atoms with Gasteiger partial charge in [-0.2, -0.15) is 5.26 Å². The minimum Gasteiger partial charge on any atom is -0.360 e. The van der Waals surface area contributed by atoms with Crippen LogP contribution in [0.3, 0.4) is 0 Å². The molecule has 0 unspecified atom stereocenters. The molecule has 116 valence electrons. The van der Waals surface area contributed by atoms with Crippen molar-refractivity contribution in [2.24, 2.45) is 0 Å². The predicted octanol–water partition coefficient (Wildman–Crippen LogP) is 3.61. The van der Waals surface area contributed by atoms with Crippen molar-refractivity contribution in [3.63, 3.8) is 0 Å².